The Bertz CT molecular complexity index is 2990. The Morgan fingerprint density at radius 3 is 1.35 bits per heavy atom. The van der Waals surface area contributed by atoms with Crippen LogP contribution >= 0.6 is 0 Å². The molecule has 5 saturated heterocycles. The number of hydrogen-bond acceptors (Lipinski definition) is 17. The number of fused-ring (bicyclic) bond motifs is 2. The van der Waals surface area contributed by atoms with Crippen molar-refractivity contribution in [1.82, 2.24) is 0 Å². The van der Waals surface area contributed by atoms with Gasteiger partial charge in [0.25, 0.3) is 0 Å². The average molecular weight is 1170 g/mol. The molecular weight excluding hydrogens is 1100 g/mol. The molecule has 0 amide bonds. The smallest absolute Gasteiger partial charge is 0.337 e. The fraction of sp³-hybridized carbons (Fsp3) is 0.500. The molecule has 0 aromatic heterocycles. The average Bonchev–Trinajstić information content (AvgIpc) is 1.44. The summed E-state index contributed by atoms with van der Waals surface area (Å²) in [5, 5.41) is 8.27. The van der Waals surface area contributed by atoms with E-state index < -0.39 is 124 Å². The largest absolute Gasteiger partial charge is 0.467 e. The van der Waals surface area contributed by atoms with Crippen LogP contribution < -0.4 is 0 Å². The Kier molecular flexibility index (Phi) is 20.3. The fourth-order valence-corrected chi connectivity index (χ4v) is 13.6. The standard InChI is InChI=1S/C62H74N6O15Si/c1-38(2)62(3,4)84(6,7)83-61-55(82-60-47(66-68-64)51(72-34-40-25-15-9-16-26-40)49-45(77-60)37-75-58(79-49)43-31-21-12-22-32-43)52(73-35-41-27-17-10-18-28-41)53(54(81-61)56(69)70-5)80-59-46(65-67-63)50(71-33-39-23-13-8-14-24-39)48-44(76-59)36-74-57(78-48)42-29-19-11-20-30-42/h8-32,38,44-55,57-61H,33-37H2,1-7H3/t44-,45-,46-,47-,48-,49-,50-,51-,52+,53+,54-,55-,57?,58?,59-,60-,61-/m1/s1. The first-order valence-corrected chi connectivity index (χ1v) is 31.4. The summed E-state index contributed by atoms with van der Waals surface area (Å²) in [6.07, 6.45) is -17.2. The second-order valence-corrected chi connectivity index (χ2v) is 27.3. The molecule has 21 nitrogen and oxygen atoms in total. The van der Waals surface area contributed by atoms with E-state index in [1.807, 2.05) is 152 Å². The molecule has 0 bridgehead atoms. The number of carbonyl (C=O) groups excluding carboxylic acids is 1. The molecule has 17 atom stereocenters. The minimum absolute atomic E-state index is 0.00974. The van der Waals surface area contributed by atoms with Crippen molar-refractivity contribution in [3.8, 4) is 0 Å². The molecule has 5 aliphatic rings. The maximum absolute atomic E-state index is 14.7. The summed E-state index contributed by atoms with van der Waals surface area (Å²) in [5.41, 5.74) is 24.9. The molecule has 0 radical (unpaired) electrons. The van der Waals surface area contributed by atoms with Gasteiger partial charge in [-0.1, -0.05) is 190 Å². The Hall–Kier alpha value is -6.11. The van der Waals surface area contributed by atoms with Crippen molar-refractivity contribution >= 4 is 14.3 Å². The van der Waals surface area contributed by atoms with Gasteiger partial charge in [0, 0.05) is 21.0 Å². The number of nitrogens with zero attached hydrogens (tertiary/aromatic N) is 6. The van der Waals surface area contributed by atoms with E-state index in [2.05, 4.69) is 60.8 Å². The summed E-state index contributed by atoms with van der Waals surface area (Å²) in [6.45, 7) is 12.9. The second kappa shape index (κ2) is 27.9. The number of rotatable bonds is 22. The van der Waals surface area contributed by atoms with E-state index in [-0.39, 0.29) is 39.0 Å². The third kappa shape index (κ3) is 13.9. The zero-order chi connectivity index (χ0) is 58.8. The number of esters is 1. The maximum Gasteiger partial charge on any atom is 0.337 e. The zero-order valence-electron chi connectivity index (χ0n) is 48.2. The summed E-state index contributed by atoms with van der Waals surface area (Å²) >= 11 is 0. The van der Waals surface area contributed by atoms with Crippen molar-refractivity contribution < 1.29 is 70.8 Å². The van der Waals surface area contributed by atoms with E-state index in [0.29, 0.717) is 0 Å². The normalized spacial score (nSPS) is 31.5. The van der Waals surface area contributed by atoms with Gasteiger partial charge in [0.15, 0.2) is 45.9 Å². The highest BCUT2D eigenvalue weighted by Gasteiger charge is 2.61. The van der Waals surface area contributed by atoms with Gasteiger partial charge in [0.1, 0.15) is 67.0 Å². The second-order valence-electron chi connectivity index (χ2n) is 22.8. The summed E-state index contributed by atoms with van der Waals surface area (Å²) < 4.78 is 94.8. The van der Waals surface area contributed by atoms with E-state index in [1.54, 1.807) is 0 Å². The van der Waals surface area contributed by atoms with Crippen LogP contribution in [-0.2, 0) is 90.6 Å². The lowest BCUT2D eigenvalue weighted by molar-refractivity contribution is -0.389. The van der Waals surface area contributed by atoms with Gasteiger partial charge in [-0.3, -0.25) is 0 Å². The molecule has 0 aliphatic carbocycles. The van der Waals surface area contributed by atoms with Crippen LogP contribution in [0.25, 0.3) is 20.9 Å². The van der Waals surface area contributed by atoms with Gasteiger partial charge in [-0.2, -0.15) is 0 Å². The van der Waals surface area contributed by atoms with Crippen LogP contribution in [0.1, 0.15) is 68.1 Å². The number of carbonyl (C=O) groups is 1. The first-order chi connectivity index (χ1) is 40.8. The molecule has 22 heteroatoms. The fourth-order valence-electron chi connectivity index (χ4n) is 11.1. The molecule has 0 N–H and O–H groups in total. The molecule has 5 heterocycles. The van der Waals surface area contributed by atoms with Gasteiger partial charge >= 0.3 is 5.97 Å². The van der Waals surface area contributed by atoms with Gasteiger partial charge in [-0.05, 0) is 51.8 Å². The SMILES string of the molecule is COC(=O)[C@@H]1O[C@H](O[Si](C)(C)C(C)(C)C(C)C)[C@H](O[C@H]2O[C@@H]3COC(c4ccccc4)O[C@H]3[C@H](OCc3ccccc3)[C@H]2N=[N+]=[N-])[C@@H](OCc2ccccc2)[C@@H]1O[C@H]1O[C@@H]2COC(c3ccccc3)O[C@H]2[C@H](OCc2ccccc2)[C@H]1N=[N+]=[N-]. The number of ether oxygens (including phenoxy) is 13. The Labute approximate surface area is 490 Å². The lowest BCUT2D eigenvalue weighted by Crippen LogP contribution is -2.69. The number of methoxy groups -OCH3 is 1. The van der Waals surface area contributed by atoms with E-state index in [9.17, 15) is 15.9 Å². The highest BCUT2D eigenvalue weighted by atomic mass is 28.4. The number of azide groups is 2. The zero-order valence-corrected chi connectivity index (χ0v) is 49.2. The van der Waals surface area contributed by atoms with Crippen molar-refractivity contribution in [2.24, 2.45) is 16.1 Å². The van der Waals surface area contributed by atoms with Gasteiger partial charge < -0.3 is 66.0 Å². The third-order valence-electron chi connectivity index (χ3n) is 16.9. The Morgan fingerprint density at radius 1 is 0.560 bits per heavy atom. The number of benzene rings is 5. The molecule has 446 valence electrons. The van der Waals surface area contributed by atoms with Crippen LogP contribution in [0.4, 0.5) is 0 Å². The maximum atomic E-state index is 14.7. The molecule has 0 saturated carbocycles. The van der Waals surface area contributed by atoms with Crippen LogP contribution in [0.15, 0.2) is 162 Å². The monoisotopic (exact) mass is 1170 g/mol. The minimum Gasteiger partial charge on any atom is -0.467 e. The summed E-state index contributed by atoms with van der Waals surface area (Å²) in [5.74, 6) is -0.717. The molecule has 5 fully saturated rings. The van der Waals surface area contributed by atoms with Crippen LogP contribution in [0.3, 0.4) is 0 Å². The van der Waals surface area contributed by atoms with Gasteiger partial charge in [0.05, 0.1) is 40.1 Å². The molecule has 2 unspecified atom stereocenters. The first kappa shape index (κ1) is 61.0. The van der Waals surface area contributed by atoms with Gasteiger partial charge in [-0.25, -0.2) is 4.79 Å². The van der Waals surface area contributed by atoms with Crippen molar-refractivity contribution in [2.75, 3.05) is 20.3 Å². The van der Waals surface area contributed by atoms with Crippen LogP contribution in [-0.4, -0.2) is 127 Å². The topological polar surface area (TPSA) is 244 Å². The van der Waals surface area contributed by atoms with E-state index in [0.717, 1.165) is 27.8 Å². The van der Waals surface area contributed by atoms with Crippen LogP contribution in [0.2, 0.25) is 18.1 Å². The van der Waals surface area contributed by atoms with Crippen molar-refractivity contribution in [2.45, 2.75) is 170 Å². The highest BCUT2D eigenvalue weighted by Crippen LogP contribution is 2.48. The van der Waals surface area contributed by atoms with Crippen molar-refractivity contribution in [3.05, 3.63) is 200 Å². The molecule has 5 aromatic rings. The Balaban J connectivity index is 1.06. The minimum atomic E-state index is -2.99. The molecule has 0 spiro atoms. The van der Waals surface area contributed by atoms with E-state index in [4.69, 9.17) is 66.0 Å². The summed E-state index contributed by atoms with van der Waals surface area (Å²) in [6, 6.07) is 45.0. The Morgan fingerprint density at radius 2 is 0.952 bits per heavy atom. The van der Waals surface area contributed by atoms with E-state index >= 15 is 0 Å². The summed E-state index contributed by atoms with van der Waals surface area (Å²) in [7, 11) is -1.75. The molecular formula is C62H74N6O15Si. The van der Waals surface area contributed by atoms with E-state index in [1.165, 1.54) is 7.11 Å². The predicted molar refractivity (Wildman–Crippen MR) is 306 cm³/mol. The highest BCUT2D eigenvalue weighted by molar-refractivity contribution is 6.74. The van der Waals surface area contributed by atoms with Crippen LogP contribution in [0.5, 0.6) is 0 Å². The lowest BCUT2D eigenvalue weighted by Gasteiger charge is -2.53. The quantitative estimate of drug-likeness (QED) is 0.0206. The molecule has 84 heavy (non-hydrogen) atoms. The predicted octanol–water partition coefficient (Wildman–Crippen LogP) is 11.1. The lowest BCUT2D eigenvalue weighted by atomic mass is 9.94. The van der Waals surface area contributed by atoms with Crippen molar-refractivity contribution in [1.29, 1.82) is 0 Å². The van der Waals surface area contributed by atoms with Gasteiger partial charge in [0.2, 0.25) is 0 Å². The molecule has 5 aliphatic heterocycles. The van der Waals surface area contributed by atoms with Gasteiger partial charge in [-0.15, -0.1) is 0 Å². The molecule has 5 aromatic carbocycles. The molecule has 10 rings (SSSR count). The third-order valence-corrected chi connectivity index (χ3v) is 21.4. The number of hydrogen-bond donors (Lipinski definition) is 0. The first-order valence-electron chi connectivity index (χ1n) is 28.5. The van der Waals surface area contributed by atoms with Crippen LogP contribution in [0, 0.1) is 5.92 Å². The summed E-state index contributed by atoms with van der Waals surface area (Å²) in [4.78, 5) is 21.3. The van der Waals surface area contributed by atoms with Crippen molar-refractivity contribution in [3.63, 3.8) is 0 Å².